The van der Waals surface area contributed by atoms with Gasteiger partial charge in [-0.25, -0.2) is 13.7 Å². The Morgan fingerprint density at radius 2 is 1.80 bits per heavy atom. The minimum absolute atomic E-state index is 0.0249. The van der Waals surface area contributed by atoms with E-state index in [1.165, 1.54) is 35.2 Å². The minimum Gasteiger partial charge on any atom is -0.496 e. The number of amides is 2. The lowest BCUT2D eigenvalue weighted by molar-refractivity contribution is -1.02. The number of rotatable bonds is 5. The molecule has 0 aliphatic carbocycles. The summed E-state index contributed by atoms with van der Waals surface area (Å²) in [6.07, 6.45) is 0.0928. The van der Waals surface area contributed by atoms with E-state index in [4.69, 9.17) is 4.74 Å². The highest BCUT2D eigenvalue weighted by Crippen LogP contribution is 2.24. The standard InChI is InChI=1S/C22H23F2N3O3/c1-30-20-7-6-16(23)12-15(20)14-25-8-10-26(11-9-25)19-13-21(28)27(22(19)29)18-5-3-2-4-17(18)24/h2-7,12,19H,8-11,13-14H2,1H3/p+2/t19-/m0/s1. The number of nitrogens with one attached hydrogen (secondary N) is 2. The zero-order valence-corrected chi connectivity index (χ0v) is 16.8. The largest absolute Gasteiger partial charge is 0.496 e. The van der Waals surface area contributed by atoms with Crippen LogP contribution in [-0.4, -0.2) is 51.1 Å². The summed E-state index contributed by atoms with van der Waals surface area (Å²) in [5.74, 6) is -0.904. The maximum atomic E-state index is 14.1. The van der Waals surface area contributed by atoms with Crippen LogP contribution in [0.1, 0.15) is 12.0 Å². The van der Waals surface area contributed by atoms with E-state index in [1.807, 2.05) is 0 Å². The average Bonchev–Trinajstić information content (AvgIpc) is 3.03. The first-order valence-electron chi connectivity index (χ1n) is 10.1. The van der Waals surface area contributed by atoms with Crippen molar-refractivity contribution in [3.63, 3.8) is 0 Å². The first-order valence-corrected chi connectivity index (χ1v) is 10.1. The van der Waals surface area contributed by atoms with Crippen molar-refractivity contribution in [1.29, 1.82) is 0 Å². The number of ether oxygens (including phenoxy) is 1. The van der Waals surface area contributed by atoms with Gasteiger partial charge in [0.2, 0.25) is 5.91 Å². The Labute approximate surface area is 173 Å². The molecule has 2 aliphatic rings. The number of piperazine rings is 1. The molecule has 1 atom stereocenters. The summed E-state index contributed by atoms with van der Waals surface area (Å²) >= 11 is 0. The first kappa shape index (κ1) is 20.4. The van der Waals surface area contributed by atoms with Crippen molar-refractivity contribution in [1.82, 2.24) is 0 Å². The SMILES string of the molecule is COc1ccc(F)cc1C[NH+]1CC[NH+]([C@H]2CC(=O)N(c3ccccc3F)C2=O)CC1. The Bertz CT molecular complexity index is 960. The molecule has 4 rings (SSSR count). The van der Waals surface area contributed by atoms with E-state index in [0.29, 0.717) is 25.4 Å². The van der Waals surface area contributed by atoms with Gasteiger partial charge in [0.15, 0.2) is 6.04 Å². The zero-order valence-electron chi connectivity index (χ0n) is 16.8. The van der Waals surface area contributed by atoms with Gasteiger partial charge in [0, 0.05) is 0 Å². The fraction of sp³-hybridized carbons (Fsp3) is 0.364. The maximum absolute atomic E-state index is 14.1. The van der Waals surface area contributed by atoms with Crippen molar-refractivity contribution in [3.05, 3.63) is 59.7 Å². The second kappa shape index (κ2) is 8.49. The molecule has 6 nitrogen and oxygen atoms in total. The van der Waals surface area contributed by atoms with E-state index >= 15 is 0 Å². The lowest BCUT2D eigenvalue weighted by atomic mass is 10.1. The van der Waals surface area contributed by atoms with Crippen LogP contribution in [0.3, 0.4) is 0 Å². The molecule has 2 aromatic rings. The van der Waals surface area contributed by atoms with Crippen LogP contribution in [-0.2, 0) is 16.1 Å². The lowest BCUT2D eigenvalue weighted by Crippen LogP contribution is -3.29. The molecule has 8 heteroatoms. The molecule has 2 fully saturated rings. The van der Waals surface area contributed by atoms with Crippen LogP contribution >= 0.6 is 0 Å². The third-order valence-corrected chi connectivity index (χ3v) is 6.02. The normalized spacial score (nSPS) is 24.4. The monoisotopic (exact) mass is 417 g/mol. The second-order valence-corrected chi connectivity index (χ2v) is 7.82. The van der Waals surface area contributed by atoms with Gasteiger partial charge in [0.1, 0.15) is 50.1 Å². The molecule has 0 radical (unpaired) electrons. The Morgan fingerprint density at radius 3 is 2.50 bits per heavy atom. The van der Waals surface area contributed by atoms with Gasteiger partial charge < -0.3 is 14.5 Å². The third kappa shape index (κ3) is 3.93. The molecule has 158 valence electrons. The predicted molar refractivity (Wildman–Crippen MR) is 105 cm³/mol. The molecule has 30 heavy (non-hydrogen) atoms. The lowest BCUT2D eigenvalue weighted by Gasteiger charge is -2.32. The van der Waals surface area contributed by atoms with Crippen molar-refractivity contribution in [2.75, 3.05) is 38.2 Å². The number of hydrogen-bond acceptors (Lipinski definition) is 3. The molecule has 0 aromatic heterocycles. The maximum Gasteiger partial charge on any atom is 0.292 e. The Balaban J connectivity index is 1.40. The summed E-state index contributed by atoms with van der Waals surface area (Å²) in [6.45, 7) is 3.62. The highest BCUT2D eigenvalue weighted by Gasteiger charge is 2.47. The number of halogens is 2. The van der Waals surface area contributed by atoms with Gasteiger partial charge in [-0.3, -0.25) is 9.59 Å². The van der Waals surface area contributed by atoms with Gasteiger partial charge >= 0.3 is 0 Å². The predicted octanol–water partition coefficient (Wildman–Crippen LogP) is -0.411. The van der Waals surface area contributed by atoms with E-state index in [0.717, 1.165) is 28.5 Å². The molecule has 2 saturated heterocycles. The smallest absolute Gasteiger partial charge is 0.292 e. The number of benzene rings is 2. The van der Waals surface area contributed by atoms with E-state index in [2.05, 4.69) is 0 Å². The van der Waals surface area contributed by atoms with Gasteiger partial charge in [-0.05, 0) is 30.3 Å². The number of para-hydroxylation sites is 1. The summed E-state index contributed by atoms with van der Waals surface area (Å²) in [6, 6.07) is 9.87. The fourth-order valence-corrected chi connectivity index (χ4v) is 4.44. The fourth-order valence-electron chi connectivity index (χ4n) is 4.44. The number of hydrogen-bond donors (Lipinski definition) is 2. The van der Waals surface area contributed by atoms with Crippen molar-refractivity contribution < 1.29 is 32.9 Å². The molecular weight excluding hydrogens is 392 g/mol. The molecule has 2 aliphatic heterocycles. The molecule has 2 heterocycles. The van der Waals surface area contributed by atoms with Gasteiger partial charge in [-0.1, -0.05) is 12.1 Å². The van der Waals surface area contributed by atoms with Crippen molar-refractivity contribution in [3.8, 4) is 5.75 Å². The quantitative estimate of drug-likeness (QED) is 0.651. The van der Waals surface area contributed by atoms with Crippen LogP contribution < -0.4 is 19.4 Å². The van der Waals surface area contributed by atoms with Crippen molar-refractivity contribution >= 4 is 17.5 Å². The number of carbonyl (C=O) groups excluding carboxylic acids is 2. The van der Waals surface area contributed by atoms with Gasteiger partial charge in [0.05, 0.1) is 24.8 Å². The van der Waals surface area contributed by atoms with Crippen LogP contribution in [0, 0.1) is 11.6 Å². The number of anilines is 1. The molecule has 2 N–H and O–H groups in total. The molecule has 2 amide bonds. The summed E-state index contributed by atoms with van der Waals surface area (Å²) in [7, 11) is 1.57. The average molecular weight is 417 g/mol. The highest BCUT2D eigenvalue weighted by molar-refractivity contribution is 6.21. The first-order chi connectivity index (χ1) is 14.5. The summed E-state index contributed by atoms with van der Waals surface area (Å²) in [4.78, 5) is 28.7. The van der Waals surface area contributed by atoms with Crippen LogP contribution in [0.2, 0.25) is 0 Å². The topological polar surface area (TPSA) is 55.5 Å². The number of nitrogens with zero attached hydrogens (tertiary/aromatic N) is 1. The number of quaternary nitrogens is 2. The Kier molecular flexibility index (Phi) is 5.78. The van der Waals surface area contributed by atoms with Gasteiger partial charge in [-0.2, -0.15) is 0 Å². The van der Waals surface area contributed by atoms with E-state index < -0.39 is 11.9 Å². The number of carbonyl (C=O) groups is 2. The molecular formula is C22H25F2N3O3+2. The van der Waals surface area contributed by atoms with Crippen molar-refractivity contribution in [2.45, 2.75) is 19.0 Å². The Hall–Kier alpha value is -2.84. The number of imide groups is 1. The molecule has 0 bridgehead atoms. The van der Waals surface area contributed by atoms with Gasteiger partial charge in [-0.15, -0.1) is 0 Å². The minimum atomic E-state index is -0.576. The van der Waals surface area contributed by atoms with E-state index in [1.54, 1.807) is 19.2 Å². The molecule has 0 saturated carbocycles. The van der Waals surface area contributed by atoms with Gasteiger partial charge in [0.25, 0.3) is 5.91 Å². The zero-order chi connectivity index (χ0) is 21.3. The van der Waals surface area contributed by atoms with Crippen LogP contribution in [0.15, 0.2) is 42.5 Å². The summed E-state index contributed by atoms with van der Waals surface area (Å²) < 4.78 is 33.1. The Morgan fingerprint density at radius 1 is 1.07 bits per heavy atom. The molecule has 2 aromatic carbocycles. The van der Waals surface area contributed by atoms with E-state index in [-0.39, 0.29) is 29.7 Å². The highest BCUT2D eigenvalue weighted by atomic mass is 19.1. The summed E-state index contributed by atoms with van der Waals surface area (Å²) in [5, 5.41) is 0. The number of methoxy groups -OCH3 is 1. The van der Waals surface area contributed by atoms with Crippen molar-refractivity contribution in [2.24, 2.45) is 0 Å². The van der Waals surface area contributed by atoms with Crippen LogP contribution in [0.5, 0.6) is 5.75 Å². The molecule has 0 unspecified atom stereocenters. The van der Waals surface area contributed by atoms with Crippen LogP contribution in [0.25, 0.3) is 0 Å². The van der Waals surface area contributed by atoms with E-state index in [9.17, 15) is 18.4 Å². The third-order valence-electron chi connectivity index (χ3n) is 6.02. The summed E-state index contributed by atoms with van der Waals surface area (Å²) in [5.41, 5.74) is 0.839. The van der Waals surface area contributed by atoms with Crippen LogP contribution in [0.4, 0.5) is 14.5 Å². The second-order valence-electron chi connectivity index (χ2n) is 7.82. The molecule has 0 spiro atoms.